The fourth-order valence-corrected chi connectivity index (χ4v) is 2.57. The third-order valence-corrected chi connectivity index (χ3v) is 4.12. The Hall–Kier alpha value is -3.45. The summed E-state index contributed by atoms with van der Waals surface area (Å²) in [6.07, 6.45) is 6.43. The van der Waals surface area contributed by atoms with E-state index in [1.54, 1.807) is 30.5 Å². The van der Waals surface area contributed by atoms with Crippen molar-refractivity contribution in [3.63, 3.8) is 0 Å². The second-order valence-corrected chi connectivity index (χ2v) is 6.67. The number of rotatable bonds is 8. The lowest BCUT2D eigenvalue weighted by Crippen LogP contribution is -2.27. The fraction of sp³-hybridized carbons (Fsp3) is 0.143. The van der Waals surface area contributed by atoms with Crippen LogP contribution in [0.15, 0.2) is 61.1 Å². The molecule has 0 aliphatic heterocycles. The molecule has 1 amide bonds. The molecule has 29 heavy (non-hydrogen) atoms. The van der Waals surface area contributed by atoms with E-state index in [0.29, 0.717) is 29.7 Å². The maximum Gasteiger partial charge on any atom is 0.244 e. The maximum absolute atomic E-state index is 11.9. The number of pyridine rings is 1. The van der Waals surface area contributed by atoms with Crippen LogP contribution in [0.1, 0.15) is 11.1 Å². The quantitative estimate of drug-likeness (QED) is 0.387. The van der Waals surface area contributed by atoms with Gasteiger partial charge in [0.2, 0.25) is 5.91 Å². The van der Waals surface area contributed by atoms with Crippen LogP contribution in [0, 0.1) is 6.92 Å². The predicted octanol–water partition coefficient (Wildman–Crippen LogP) is 3.82. The number of hydrogen-bond donors (Lipinski definition) is 3. The molecular weight excluding hydrogens is 388 g/mol. The molecule has 2 aromatic heterocycles. The van der Waals surface area contributed by atoms with Gasteiger partial charge in [0.25, 0.3) is 0 Å². The minimum atomic E-state index is -0.169. The van der Waals surface area contributed by atoms with Crippen LogP contribution >= 0.6 is 11.6 Å². The lowest BCUT2D eigenvalue weighted by molar-refractivity contribution is -0.116. The minimum Gasteiger partial charge on any atom is -0.368 e. The molecule has 3 N–H and O–H groups in total. The number of benzene rings is 1. The second-order valence-electron chi connectivity index (χ2n) is 6.23. The highest BCUT2D eigenvalue weighted by Gasteiger charge is 2.01. The van der Waals surface area contributed by atoms with Gasteiger partial charge in [-0.15, -0.1) is 0 Å². The number of nitrogens with one attached hydrogen (secondary N) is 3. The topological polar surface area (TPSA) is 91.8 Å². The molecule has 148 valence electrons. The van der Waals surface area contributed by atoms with Crippen LogP contribution in [-0.2, 0) is 4.79 Å². The third kappa shape index (κ3) is 6.90. The number of nitrogens with zero attached hydrogens (tertiary/aromatic N) is 3. The second kappa shape index (κ2) is 10.2. The summed E-state index contributed by atoms with van der Waals surface area (Å²) in [7, 11) is 0. The molecule has 0 saturated carbocycles. The first-order valence-electron chi connectivity index (χ1n) is 9.05. The zero-order valence-corrected chi connectivity index (χ0v) is 16.6. The van der Waals surface area contributed by atoms with Crippen molar-refractivity contribution in [1.29, 1.82) is 0 Å². The number of hydrogen-bond acceptors (Lipinski definition) is 6. The highest BCUT2D eigenvalue weighted by molar-refractivity contribution is 6.30. The Morgan fingerprint density at radius 3 is 2.55 bits per heavy atom. The first kappa shape index (κ1) is 20.3. The van der Waals surface area contributed by atoms with E-state index >= 15 is 0 Å². The van der Waals surface area contributed by atoms with Crippen LogP contribution < -0.4 is 16.0 Å². The van der Waals surface area contributed by atoms with Crippen LogP contribution in [0.4, 0.5) is 17.5 Å². The lowest BCUT2D eigenvalue weighted by Gasteiger charge is -2.09. The van der Waals surface area contributed by atoms with E-state index in [1.807, 2.05) is 31.2 Å². The molecule has 0 saturated heterocycles. The molecule has 3 rings (SSSR count). The van der Waals surface area contributed by atoms with Crippen molar-refractivity contribution in [3.05, 3.63) is 77.2 Å². The van der Waals surface area contributed by atoms with Gasteiger partial charge in [-0.2, -0.15) is 0 Å². The van der Waals surface area contributed by atoms with Gasteiger partial charge in [0.05, 0.1) is 0 Å². The predicted molar refractivity (Wildman–Crippen MR) is 116 cm³/mol. The van der Waals surface area contributed by atoms with Crippen LogP contribution in [0.5, 0.6) is 0 Å². The molecule has 0 spiro atoms. The highest BCUT2D eigenvalue weighted by Crippen LogP contribution is 2.15. The average molecular weight is 409 g/mol. The Bertz CT molecular complexity index is 990. The number of aromatic nitrogens is 3. The Morgan fingerprint density at radius 1 is 1.00 bits per heavy atom. The van der Waals surface area contributed by atoms with Crippen molar-refractivity contribution < 1.29 is 4.79 Å². The maximum atomic E-state index is 11.9. The van der Waals surface area contributed by atoms with E-state index < -0.39 is 0 Å². The van der Waals surface area contributed by atoms with E-state index in [2.05, 4.69) is 30.9 Å². The summed E-state index contributed by atoms with van der Waals surface area (Å²) < 4.78 is 0. The summed E-state index contributed by atoms with van der Waals surface area (Å²) in [6, 6.07) is 12.9. The molecule has 1 aromatic carbocycles. The molecule has 0 radical (unpaired) electrons. The molecule has 7 nitrogen and oxygen atoms in total. The number of anilines is 3. The number of carbonyl (C=O) groups is 1. The standard InChI is InChI=1S/C21H21ClN6O/c1-15-8-9-23-19(12-15)28-20-13-18(26-14-27-20)24-10-11-25-21(29)7-4-16-2-5-17(22)6-3-16/h2-9,12-14H,10-11H2,1H3,(H,25,29)(H2,23,24,26,27,28)/b7-4+. The minimum absolute atomic E-state index is 0.169. The first-order chi connectivity index (χ1) is 14.1. The van der Waals surface area contributed by atoms with Crippen molar-refractivity contribution >= 4 is 41.0 Å². The number of halogens is 1. The van der Waals surface area contributed by atoms with Crippen molar-refractivity contribution in [2.45, 2.75) is 6.92 Å². The molecule has 2 heterocycles. The smallest absolute Gasteiger partial charge is 0.244 e. The molecule has 8 heteroatoms. The Labute approximate surface area is 174 Å². The van der Waals surface area contributed by atoms with Crippen molar-refractivity contribution in [3.8, 4) is 0 Å². The largest absolute Gasteiger partial charge is 0.368 e. The van der Waals surface area contributed by atoms with Gasteiger partial charge in [-0.3, -0.25) is 4.79 Å². The summed E-state index contributed by atoms with van der Waals surface area (Å²) >= 11 is 5.84. The molecule has 0 aliphatic carbocycles. The molecule has 0 aliphatic rings. The molecule has 0 bridgehead atoms. The van der Waals surface area contributed by atoms with E-state index in [1.165, 1.54) is 12.4 Å². The summed E-state index contributed by atoms with van der Waals surface area (Å²) in [5.74, 6) is 1.84. The normalized spacial score (nSPS) is 10.7. The molecule has 0 fully saturated rings. The molecule has 0 atom stereocenters. The van der Waals surface area contributed by atoms with E-state index in [-0.39, 0.29) is 5.91 Å². The number of carbonyl (C=O) groups excluding carboxylic acids is 1. The lowest BCUT2D eigenvalue weighted by atomic mass is 10.2. The van der Waals surface area contributed by atoms with Crippen LogP contribution in [0.3, 0.4) is 0 Å². The van der Waals surface area contributed by atoms with Crippen LogP contribution in [-0.4, -0.2) is 33.9 Å². The van der Waals surface area contributed by atoms with E-state index in [4.69, 9.17) is 11.6 Å². The van der Waals surface area contributed by atoms with Gasteiger partial charge in [0.15, 0.2) is 0 Å². The van der Waals surface area contributed by atoms with Crippen LogP contribution in [0.25, 0.3) is 6.08 Å². The Kier molecular flexibility index (Phi) is 7.13. The zero-order valence-electron chi connectivity index (χ0n) is 15.9. The highest BCUT2D eigenvalue weighted by atomic mass is 35.5. The number of amides is 1. The summed E-state index contributed by atoms with van der Waals surface area (Å²) in [6.45, 7) is 2.98. The van der Waals surface area contributed by atoms with E-state index in [0.717, 1.165) is 16.9 Å². The van der Waals surface area contributed by atoms with Gasteiger partial charge in [0.1, 0.15) is 23.8 Å². The van der Waals surface area contributed by atoms with Gasteiger partial charge in [-0.25, -0.2) is 15.0 Å². The monoisotopic (exact) mass is 408 g/mol. The Morgan fingerprint density at radius 2 is 1.76 bits per heavy atom. The van der Waals surface area contributed by atoms with Crippen LogP contribution in [0.2, 0.25) is 5.02 Å². The Balaban J connectivity index is 1.43. The van der Waals surface area contributed by atoms with Crippen molar-refractivity contribution in [2.24, 2.45) is 0 Å². The van der Waals surface area contributed by atoms with Gasteiger partial charge in [-0.05, 0) is 48.4 Å². The summed E-state index contributed by atoms with van der Waals surface area (Å²) in [4.78, 5) is 24.5. The molecule has 3 aromatic rings. The van der Waals surface area contributed by atoms with E-state index in [9.17, 15) is 4.79 Å². The van der Waals surface area contributed by atoms with Crippen molar-refractivity contribution in [2.75, 3.05) is 23.7 Å². The summed E-state index contributed by atoms with van der Waals surface area (Å²) in [5, 5.41) is 9.77. The third-order valence-electron chi connectivity index (χ3n) is 3.87. The van der Waals surface area contributed by atoms with Gasteiger partial charge >= 0.3 is 0 Å². The molecular formula is C21H21ClN6O. The SMILES string of the molecule is Cc1ccnc(Nc2cc(NCCNC(=O)/C=C/c3ccc(Cl)cc3)ncn2)c1. The van der Waals surface area contributed by atoms with Gasteiger partial charge in [0, 0.05) is 36.5 Å². The average Bonchev–Trinajstić information content (AvgIpc) is 2.71. The zero-order chi connectivity index (χ0) is 20.5. The van der Waals surface area contributed by atoms with Crippen molar-refractivity contribution in [1.82, 2.24) is 20.3 Å². The summed E-state index contributed by atoms with van der Waals surface area (Å²) in [5.41, 5.74) is 2.02. The van der Waals surface area contributed by atoms with Gasteiger partial charge < -0.3 is 16.0 Å². The first-order valence-corrected chi connectivity index (χ1v) is 9.43. The van der Waals surface area contributed by atoms with Gasteiger partial charge in [-0.1, -0.05) is 23.7 Å². The molecule has 0 unspecified atom stereocenters. The fourth-order valence-electron chi connectivity index (χ4n) is 2.44. The number of aryl methyl sites for hydroxylation is 1.